The zero-order valence-electron chi connectivity index (χ0n) is 12.7. The van der Waals surface area contributed by atoms with Gasteiger partial charge < -0.3 is 14.2 Å². The maximum atomic E-state index is 11.7. The van der Waals surface area contributed by atoms with Crippen molar-refractivity contribution in [2.75, 3.05) is 20.8 Å². The molecule has 4 heteroatoms. The van der Waals surface area contributed by atoms with E-state index in [0.717, 1.165) is 29.9 Å². The fraction of sp³-hybridized carbons (Fsp3) is 0.389. The number of ketones is 1. The smallest absolute Gasteiger partial charge is 0.181 e. The van der Waals surface area contributed by atoms with E-state index in [1.807, 2.05) is 12.1 Å². The maximum Gasteiger partial charge on any atom is 0.181 e. The molecule has 2 aliphatic carbocycles. The molecule has 0 aromatic heterocycles. The van der Waals surface area contributed by atoms with E-state index in [4.69, 9.17) is 14.2 Å². The summed E-state index contributed by atoms with van der Waals surface area (Å²) in [6.45, 7) is 0.669. The third kappa shape index (κ3) is 1.73. The predicted molar refractivity (Wildman–Crippen MR) is 81.2 cm³/mol. The number of allylic oxidation sites excluding steroid dienone is 3. The zero-order valence-corrected chi connectivity index (χ0v) is 12.7. The number of carbonyl (C=O) groups is 1. The van der Waals surface area contributed by atoms with E-state index in [-0.39, 0.29) is 11.2 Å². The Balaban J connectivity index is 1.95. The van der Waals surface area contributed by atoms with Crippen LogP contribution in [-0.2, 0) is 21.4 Å². The van der Waals surface area contributed by atoms with Crippen LogP contribution >= 0.6 is 0 Å². The van der Waals surface area contributed by atoms with Gasteiger partial charge in [0.1, 0.15) is 5.76 Å². The average Bonchev–Trinajstić information content (AvgIpc) is 2.54. The average molecular weight is 298 g/mol. The van der Waals surface area contributed by atoms with Crippen molar-refractivity contribution in [2.45, 2.75) is 18.3 Å². The number of ether oxygens (including phenoxy) is 3. The number of benzene rings is 1. The minimum atomic E-state index is -0.329. The van der Waals surface area contributed by atoms with Crippen molar-refractivity contribution in [1.29, 1.82) is 0 Å². The van der Waals surface area contributed by atoms with Gasteiger partial charge in [-0.15, -0.1) is 0 Å². The lowest BCUT2D eigenvalue weighted by Crippen LogP contribution is -2.43. The molecule has 1 spiro atoms. The van der Waals surface area contributed by atoms with Gasteiger partial charge in [0.05, 0.1) is 26.2 Å². The lowest BCUT2D eigenvalue weighted by molar-refractivity contribution is -0.111. The van der Waals surface area contributed by atoms with Gasteiger partial charge >= 0.3 is 0 Å². The molecular weight excluding hydrogens is 280 g/mol. The largest absolute Gasteiger partial charge is 0.496 e. The van der Waals surface area contributed by atoms with Crippen LogP contribution in [0.3, 0.4) is 0 Å². The Morgan fingerprint density at radius 3 is 2.77 bits per heavy atom. The van der Waals surface area contributed by atoms with E-state index in [2.05, 4.69) is 6.07 Å². The van der Waals surface area contributed by atoms with Gasteiger partial charge in [-0.2, -0.15) is 0 Å². The van der Waals surface area contributed by atoms with Gasteiger partial charge in [-0.25, -0.2) is 0 Å². The molecule has 0 amide bonds. The summed E-state index contributed by atoms with van der Waals surface area (Å²) < 4.78 is 16.8. The van der Waals surface area contributed by atoms with E-state index < -0.39 is 0 Å². The van der Waals surface area contributed by atoms with Crippen molar-refractivity contribution >= 4 is 5.78 Å². The third-order valence-corrected chi connectivity index (χ3v) is 4.93. The molecule has 2 bridgehead atoms. The van der Waals surface area contributed by atoms with Crippen molar-refractivity contribution in [2.24, 2.45) is 5.92 Å². The Morgan fingerprint density at radius 1 is 1.23 bits per heavy atom. The summed E-state index contributed by atoms with van der Waals surface area (Å²) in [5, 5.41) is 0. The molecule has 1 fully saturated rings. The van der Waals surface area contributed by atoms with E-state index in [1.165, 1.54) is 5.56 Å². The summed E-state index contributed by atoms with van der Waals surface area (Å²) in [6, 6.07) is 4.10. The summed E-state index contributed by atoms with van der Waals surface area (Å²) in [7, 11) is 3.29. The highest BCUT2D eigenvalue weighted by Crippen LogP contribution is 2.52. The molecule has 0 saturated carbocycles. The number of methoxy groups -OCH3 is 2. The minimum Gasteiger partial charge on any atom is -0.496 e. The number of hydrogen-bond acceptors (Lipinski definition) is 4. The quantitative estimate of drug-likeness (QED) is 0.842. The predicted octanol–water partition coefficient (Wildman–Crippen LogP) is 2.56. The van der Waals surface area contributed by atoms with Crippen molar-refractivity contribution < 1.29 is 19.0 Å². The van der Waals surface area contributed by atoms with Crippen LogP contribution in [0.4, 0.5) is 0 Å². The Labute approximate surface area is 129 Å². The monoisotopic (exact) mass is 298 g/mol. The van der Waals surface area contributed by atoms with Crippen LogP contribution in [0.25, 0.3) is 0 Å². The van der Waals surface area contributed by atoms with Crippen LogP contribution in [0, 0.1) is 5.92 Å². The molecule has 4 rings (SSSR count). The van der Waals surface area contributed by atoms with Crippen molar-refractivity contribution in [3.63, 3.8) is 0 Å². The molecule has 1 heterocycles. The maximum absolute atomic E-state index is 11.7. The van der Waals surface area contributed by atoms with Crippen LogP contribution in [0.15, 0.2) is 36.1 Å². The minimum absolute atomic E-state index is 0.00771. The third-order valence-electron chi connectivity index (χ3n) is 4.93. The molecule has 1 aromatic carbocycles. The van der Waals surface area contributed by atoms with E-state index in [0.29, 0.717) is 18.3 Å². The van der Waals surface area contributed by atoms with Gasteiger partial charge in [-0.1, -0.05) is 6.08 Å². The molecule has 1 aliphatic heterocycles. The van der Waals surface area contributed by atoms with Crippen molar-refractivity contribution in [3.8, 4) is 11.5 Å². The molecule has 2 atom stereocenters. The van der Waals surface area contributed by atoms with Gasteiger partial charge in [0.25, 0.3) is 0 Å². The second kappa shape index (κ2) is 4.63. The standard InChI is InChI=1S/C18H18O4/c1-20-15-6-12-5-11-9-18(14(12)8-16(15)21-2)4-3-13(19)7-17(18)22-10-11/h3-4,6-8,11H,5,9-10H2,1-2H3/t11-,18-/m0/s1. The zero-order chi connectivity index (χ0) is 15.3. The Bertz CT molecular complexity index is 716. The molecule has 1 saturated heterocycles. The highest BCUT2D eigenvalue weighted by atomic mass is 16.5. The topological polar surface area (TPSA) is 44.8 Å². The fourth-order valence-corrected chi connectivity index (χ4v) is 3.95. The second-order valence-corrected chi connectivity index (χ2v) is 6.17. The van der Waals surface area contributed by atoms with Crippen LogP contribution in [0.5, 0.6) is 11.5 Å². The lowest BCUT2D eigenvalue weighted by Gasteiger charge is -2.47. The summed E-state index contributed by atoms with van der Waals surface area (Å²) in [4.78, 5) is 11.7. The normalized spacial score (nSPS) is 28.2. The first-order valence-corrected chi connectivity index (χ1v) is 7.50. The number of hydrogen-bond donors (Lipinski definition) is 0. The molecule has 3 aliphatic rings. The fourth-order valence-electron chi connectivity index (χ4n) is 3.95. The molecular formula is C18H18O4. The van der Waals surface area contributed by atoms with Crippen molar-refractivity contribution in [1.82, 2.24) is 0 Å². The van der Waals surface area contributed by atoms with Crippen molar-refractivity contribution in [3.05, 3.63) is 47.2 Å². The molecule has 0 unspecified atom stereocenters. The van der Waals surface area contributed by atoms with E-state index in [9.17, 15) is 4.79 Å². The van der Waals surface area contributed by atoms with E-state index in [1.54, 1.807) is 26.4 Å². The molecule has 114 valence electrons. The van der Waals surface area contributed by atoms with Crippen LogP contribution in [0.2, 0.25) is 0 Å². The summed E-state index contributed by atoms with van der Waals surface area (Å²) in [5.41, 5.74) is 2.09. The Morgan fingerprint density at radius 2 is 2.00 bits per heavy atom. The molecule has 22 heavy (non-hydrogen) atoms. The first kappa shape index (κ1) is 13.4. The number of rotatable bonds is 2. The first-order valence-electron chi connectivity index (χ1n) is 7.50. The lowest BCUT2D eigenvalue weighted by atomic mass is 9.62. The molecule has 0 radical (unpaired) electrons. The second-order valence-electron chi connectivity index (χ2n) is 6.17. The van der Waals surface area contributed by atoms with Gasteiger partial charge in [0, 0.05) is 6.08 Å². The Hall–Kier alpha value is -2.23. The summed E-state index contributed by atoms with van der Waals surface area (Å²) >= 11 is 0. The van der Waals surface area contributed by atoms with E-state index >= 15 is 0 Å². The molecule has 4 nitrogen and oxygen atoms in total. The Kier molecular flexibility index (Phi) is 2.83. The van der Waals surface area contributed by atoms with Gasteiger partial charge in [-0.05, 0) is 48.1 Å². The van der Waals surface area contributed by atoms with Gasteiger partial charge in [-0.3, -0.25) is 4.79 Å². The SMILES string of the molecule is COc1cc2c(cc1OC)[C@@]13C=CC(=O)C=C1OC[C@@H](C2)C3. The summed E-state index contributed by atoms with van der Waals surface area (Å²) in [6.07, 6.45) is 7.22. The van der Waals surface area contributed by atoms with Crippen LogP contribution in [0.1, 0.15) is 17.5 Å². The van der Waals surface area contributed by atoms with Gasteiger partial charge in [0.2, 0.25) is 0 Å². The highest BCUT2D eigenvalue weighted by Gasteiger charge is 2.48. The number of carbonyl (C=O) groups excluding carboxylic acids is 1. The first-order chi connectivity index (χ1) is 10.7. The molecule has 1 aromatic rings. The molecule has 0 N–H and O–H groups in total. The number of fused-ring (bicyclic) bond motifs is 2. The van der Waals surface area contributed by atoms with Gasteiger partial charge in [0.15, 0.2) is 17.3 Å². The van der Waals surface area contributed by atoms with Crippen LogP contribution in [-0.4, -0.2) is 26.6 Å². The summed E-state index contributed by atoms with van der Waals surface area (Å²) in [5.74, 6) is 2.68. The highest BCUT2D eigenvalue weighted by molar-refractivity contribution is 6.01. The van der Waals surface area contributed by atoms with Crippen LogP contribution < -0.4 is 9.47 Å².